The van der Waals surface area contributed by atoms with Crippen LogP contribution in [0.25, 0.3) is 0 Å². The van der Waals surface area contributed by atoms with Gasteiger partial charge >= 0.3 is 5.97 Å². The number of aliphatic hydroxyl groups excluding tert-OH is 1. The number of Topliss-reactive ketones (excluding diaryl/α,β-unsaturated/α-hetero) is 1. The molecular formula is C16H29NO4. The molecule has 122 valence electrons. The Morgan fingerprint density at radius 2 is 1.67 bits per heavy atom. The van der Waals surface area contributed by atoms with Crippen LogP contribution < -0.4 is 0 Å². The zero-order valence-electron chi connectivity index (χ0n) is 13.9. The molecule has 1 aliphatic heterocycles. The first-order valence-electron chi connectivity index (χ1n) is 7.66. The van der Waals surface area contributed by atoms with Gasteiger partial charge in [0.15, 0.2) is 0 Å². The third-order valence-corrected chi connectivity index (χ3v) is 4.22. The standard InChI is InChI=1S/C16H29NO4/c1-12(19)6-7-14(20)21-13-10-15(2,3)17(8-9-18)16(4,5)11-13/h13,18H,6-11H2,1-5H3. The Bertz CT molecular complexity index is 372. The summed E-state index contributed by atoms with van der Waals surface area (Å²) in [6.45, 7) is 10.7. The number of aliphatic hydroxyl groups is 1. The molecule has 0 radical (unpaired) electrons. The zero-order valence-corrected chi connectivity index (χ0v) is 13.9. The van der Waals surface area contributed by atoms with Gasteiger partial charge in [0, 0.05) is 36.9 Å². The molecule has 0 unspecified atom stereocenters. The summed E-state index contributed by atoms with van der Waals surface area (Å²) in [6, 6.07) is 0. The number of ether oxygens (including phenoxy) is 1. The van der Waals surface area contributed by atoms with E-state index in [1.54, 1.807) is 0 Å². The number of nitrogens with zero attached hydrogens (tertiary/aromatic N) is 1. The minimum Gasteiger partial charge on any atom is -0.462 e. The van der Waals surface area contributed by atoms with Crippen LogP contribution in [0.2, 0.25) is 0 Å². The molecule has 1 N–H and O–H groups in total. The van der Waals surface area contributed by atoms with Crippen molar-refractivity contribution in [2.75, 3.05) is 13.2 Å². The average Bonchev–Trinajstić information content (AvgIpc) is 2.30. The first-order chi connectivity index (χ1) is 9.58. The molecule has 1 rings (SSSR count). The fourth-order valence-corrected chi connectivity index (χ4v) is 3.54. The smallest absolute Gasteiger partial charge is 0.306 e. The van der Waals surface area contributed by atoms with Crippen LogP contribution in [0, 0.1) is 0 Å². The van der Waals surface area contributed by atoms with Crippen molar-refractivity contribution >= 4 is 11.8 Å². The molecule has 5 nitrogen and oxygen atoms in total. The summed E-state index contributed by atoms with van der Waals surface area (Å²) in [4.78, 5) is 25.0. The maximum absolute atomic E-state index is 11.8. The molecule has 0 aromatic heterocycles. The minimum absolute atomic E-state index is 0.00498. The number of piperidine rings is 1. The van der Waals surface area contributed by atoms with Crippen LogP contribution >= 0.6 is 0 Å². The number of esters is 1. The van der Waals surface area contributed by atoms with Gasteiger partial charge in [0.1, 0.15) is 11.9 Å². The lowest BCUT2D eigenvalue weighted by Gasteiger charge is -2.54. The van der Waals surface area contributed by atoms with Crippen LogP contribution in [0.4, 0.5) is 0 Å². The van der Waals surface area contributed by atoms with Gasteiger partial charge in [-0.3, -0.25) is 9.69 Å². The second-order valence-corrected chi connectivity index (χ2v) is 7.22. The van der Waals surface area contributed by atoms with E-state index >= 15 is 0 Å². The van der Waals surface area contributed by atoms with Crippen LogP contribution in [-0.4, -0.2) is 52.1 Å². The molecule has 0 spiro atoms. The Balaban J connectivity index is 2.68. The fraction of sp³-hybridized carbons (Fsp3) is 0.875. The molecule has 5 heteroatoms. The van der Waals surface area contributed by atoms with E-state index in [1.807, 2.05) is 0 Å². The van der Waals surface area contributed by atoms with Crippen LogP contribution in [0.3, 0.4) is 0 Å². The molecule has 21 heavy (non-hydrogen) atoms. The zero-order chi connectivity index (χ0) is 16.3. The van der Waals surface area contributed by atoms with E-state index in [0.717, 1.165) is 12.8 Å². The van der Waals surface area contributed by atoms with E-state index in [-0.39, 0.29) is 48.4 Å². The van der Waals surface area contributed by atoms with Crippen molar-refractivity contribution in [3.8, 4) is 0 Å². The number of carbonyl (C=O) groups excluding carboxylic acids is 2. The van der Waals surface area contributed by atoms with E-state index < -0.39 is 0 Å². The van der Waals surface area contributed by atoms with Crippen molar-refractivity contribution in [3.63, 3.8) is 0 Å². The Hall–Kier alpha value is -0.940. The molecule has 0 atom stereocenters. The summed E-state index contributed by atoms with van der Waals surface area (Å²) in [5.41, 5.74) is -0.286. The second kappa shape index (κ2) is 6.88. The molecule has 0 bridgehead atoms. The number of likely N-dealkylation sites (tertiary alicyclic amines) is 1. The number of β-amino-alcohol motifs (C(OH)–C–C–N with tert-alkyl or cyclic N) is 1. The molecule has 1 heterocycles. The Morgan fingerprint density at radius 1 is 1.14 bits per heavy atom. The number of rotatable bonds is 6. The molecule has 0 saturated carbocycles. The molecule has 0 aromatic rings. The van der Waals surface area contributed by atoms with Gasteiger partial charge in [0.25, 0.3) is 0 Å². The van der Waals surface area contributed by atoms with E-state index in [1.165, 1.54) is 6.92 Å². The lowest BCUT2D eigenvalue weighted by atomic mass is 9.78. The molecule has 1 aliphatic rings. The van der Waals surface area contributed by atoms with Crippen molar-refractivity contribution in [2.45, 2.75) is 77.5 Å². The van der Waals surface area contributed by atoms with Crippen LogP contribution in [0.1, 0.15) is 60.3 Å². The average molecular weight is 299 g/mol. The van der Waals surface area contributed by atoms with Gasteiger partial charge in [-0.1, -0.05) is 0 Å². The third-order valence-electron chi connectivity index (χ3n) is 4.22. The molecule has 1 fully saturated rings. The van der Waals surface area contributed by atoms with Crippen LogP contribution in [0.5, 0.6) is 0 Å². The van der Waals surface area contributed by atoms with Gasteiger partial charge in [-0.15, -0.1) is 0 Å². The summed E-state index contributed by atoms with van der Waals surface area (Å²) in [5.74, 6) is -0.289. The molecular weight excluding hydrogens is 270 g/mol. The molecule has 1 saturated heterocycles. The van der Waals surface area contributed by atoms with Crippen LogP contribution in [0.15, 0.2) is 0 Å². The third kappa shape index (κ3) is 5.08. The Kier molecular flexibility index (Phi) is 5.93. The van der Waals surface area contributed by atoms with E-state index in [9.17, 15) is 14.7 Å². The predicted octanol–water partition coefficient (Wildman–Crippen LogP) is 1.91. The Labute approximate surface area is 127 Å². The SMILES string of the molecule is CC(=O)CCC(=O)OC1CC(C)(C)N(CCO)C(C)(C)C1. The van der Waals surface area contributed by atoms with E-state index in [0.29, 0.717) is 6.54 Å². The topological polar surface area (TPSA) is 66.8 Å². The largest absolute Gasteiger partial charge is 0.462 e. The number of carbonyl (C=O) groups is 2. The van der Waals surface area contributed by atoms with Gasteiger partial charge in [-0.2, -0.15) is 0 Å². The minimum atomic E-state index is -0.294. The summed E-state index contributed by atoms with van der Waals surface area (Å²) in [7, 11) is 0. The monoisotopic (exact) mass is 299 g/mol. The summed E-state index contributed by atoms with van der Waals surface area (Å²) in [6.07, 6.45) is 1.75. The maximum Gasteiger partial charge on any atom is 0.306 e. The van der Waals surface area contributed by atoms with Gasteiger partial charge in [0.05, 0.1) is 13.0 Å². The van der Waals surface area contributed by atoms with Crippen molar-refractivity contribution in [1.29, 1.82) is 0 Å². The lowest BCUT2D eigenvalue weighted by Crippen LogP contribution is -2.62. The van der Waals surface area contributed by atoms with Crippen molar-refractivity contribution in [2.24, 2.45) is 0 Å². The highest BCUT2D eigenvalue weighted by atomic mass is 16.5. The quantitative estimate of drug-likeness (QED) is 0.759. The number of ketones is 1. The normalized spacial score (nSPS) is 22.0. The first-order valence-corrected chi connectivity index (χ1v) is 7.66. The number of hydrogen-bond donors (Lipinski definition) is 1. The van der Waals surface area contributed by atoms with E-state index in [4.69, 9.17) is 4.74 Å². The Morgan fingerprint density at radius 3 is 2.10 bits per heavy atom. The van der Waals surface area contributed by atoms with Gasteiger partial charge in [-0.05, 0) is 34.6 Å². The molecule has 0 aromatic carbocycles. The summed E-state index contributed by atoms with van der Waals surface area (Å²) >= 11 is 0. The van der Waals surface area contributed by atoms with Crippen molar-refractivity contribution < 1.29 is 19.4 Å². The van der Waals surface area contributed by atoms with Crippen molar-refractivity contribution in [1.82, 2.24) is 4.90 Å². The van der Waals surface area contributed by atoms with Gasteiger partial charge in [-0.25, -0.2) is 0 Å². The predicted molar refractivity (Wildman–Crippen MR) is 81.0 cm³/mol. The number of hydrogen-bond acceptors (Lipinski definition) is 5. The summed E-state index contributed by atoms with van der Waals surface area (Å²) in [5, 5.41) is 9.26. The van der Waals surface area contributed by atoms with Gasteiger partial charge in [0.2, 0.25) is 0 Å². The fourth-order valence-electron chi connectivity index (χ4n) is 3.54. The van der Waals surface area contributed by atoms with Gasteiger partial charge < -0.3 is 14.6 Å². The molecule has 0 amide bonds. The molecule has 0 aliphatic carbocycles. The lowest BCUT2D eigenvalue weighted by molar-refractivity contribution is -0.161. The second-order valence-electron chi connectivity index (χ2n) is 7.22. The highest BCUT2D eigenvalue weighted by Gasteiger charge is 2.46. The van der Waals surface area contributed by atoms with Crippen molar-refractivity contribution in [3.05, 3.63) is 0 Å². The highest BCUT2D eigenvalue weighted by molar-refractivity contribution is 5.81. The first kappa shape index (κ1) is 18.1. The maximum atomic E-state index is 11.8. The highest BCUT2D eigenvalue weighted by Crippen LogP contribution is 2.39. The van der Waals surface area contributed by atoms with Crippen LogP contribution in [-0.2, 0) is 14.3 Å². The summed E-state index contributed by atoms with van der Waals surface area (Å²) < 4.78 is 5.56. The van der Waals surface area contributed by atoms with E-state index in [2.05, 4.69) is 32.6 Å².